The van der Waals surface area contributed by atoms with E-state index in [-0.39, 0.29) is 12.4 Å². The number of aromatic nitrogens is 1. The number of halogens is 1. The predicted octanol–water partition coefficient (Wildman–Crippen LogP) is 5.30. The van der Waals surface area contributed by atoms with Gasteiger partial charge in [-0.15, -0.1) is 23.7 Å². The standard InChI is InChI=1S/C19H17N3S.ClH/c1-13-6-5-9-16-15(13)10-11-17(16)21-22-19-20-18(12-23-19)14-7-3-2-4-8-14;/h2-9,12H,10-11H2,1H3,(H,20,22);1H/b21-17+;. The summed E-state index contributed by atoms with van der Waals surface area (Å²) in [5.74, 6) is 0. The summed E-state index contributed by atoms with van der Waals surface area (Å²) >= 11 is 1.58. The molecule has 0 fully saturated rings. The minimum Gasteiger partial charge on any atom is -0.252 e. The Labute approximate surface area is 151 Å². The largest absolute Gasteiger partial charge is 0.252 e. The van der Waals surface area contributed by atoms with Crippen molar-refractivity contribution in [3.05, 3.63) is 70.6 Å². The molecule has 4 rings (SSSR count). The normalized spacial score (nSPS) is 14.3. The van der Waals surface area contributed by atoms with Crippen molar-refractivity contribution in [2.45, 2.75) is 19.8 Å². The highest BCUT2D eigenvalue weighted by Crippen LogP contribution is 2.27. The lowest BCUT2D eigenvalue weighted by molar-refractivity contribution is 1.07. The molecule has 0 bridgehead atoms. The van der Waals surface area contributed by atoms with E-state index in [0.29, 0.717) is 0 Å². The summed E-state index contributed by atoms with van der Waals surface area (Å²) in [6.07, 6.45) is 2.07. The molecule has 1 N–H and O–H groups in total. The third kappa shape index (κ3) is 3.21. The fraction of sp³-hybridized carbons (Fsp3) is 0.158. The van der Waals surface area contributed by atoms with Crippen molar-refractivity contribution >= 4 is 34.6 Å². The van der Waals surface area contributed by atoms with E-state index < -0.39 is 0 Å². The summed E-state index contributed by atoms with van der Waals surface area (Å²) in [7, 11) is 0. The van der Waals surface area contributed by atoms with Crippen molar-refractivity contribution in [3.8, 4) is 11.3 Å². The smallest absolute Gasteiger partial charge is 0.203 e. The Hall–Kier alpha value is -2.17. The maximum atomic E-state index is 4.62. The lowest BCUT2D eigenvalue weighted by Gasteiger charge is -2.03. The Kier molecular flexibility index (Phi) is 4.97. The first-order valence-corrected chi connectivity index (χ1v) is 8.61. The monoisotopic (exact) mass is 355 g/mol. The number of rotatable bonds is 3. The van der Waals surface area contributed by atoms with Crippen LogP contribution in [0.5, 0.6) is 0 Å². The molecule has 0 atom stereocenters. The molecule has 5 heteroatoms. The Bertz CT molecular complexity index is 871. The number of hydrogen-bond donors (Lipinski definition) is 1. The van der Waals surface area contributed by atoms with E-state index in [1.807, 2.05) is 18.2 Å². The van der Waals surface area contributed by atoms with Gasteiger partial charge in [-0.05, 0) is 30.9 Å². The molecular weight excluding hydrogens is 338 g/mol. The highest BCUT2D eigenvalue weighted by Gasteiger charge is 2.19. The first kappa shape index (κ1) is 16.7. The quantitative estimate of drug-likeness (QED) is 0.647. The summed E-state index contributed by atoms with van der Waals surface area (Å²) in [5.41, 5.74) is 10.4. The van der Waals surface area contributed by atoms with Crippen LogP contribution < -0.4 is 5.43 Å². The average molecular weight is 356 g/mol. The van der Waals surface area contributed by atoms with E-state index in [1.165, 1.54) is 16.7 Å². The van der Waals surface area contributed by atoms with Crippen LogP contribution in [0.15, 0.2) is 59.0 Å². The number of aryl methyl sites for hydroxylation is 1. The lowest BCUT2D eigenvalue weighted by Crippen LogP contribution is -2.00. The second kappa shape index (κ2) is 7.16. The summed E-state index contributed by atoms with van der Waals surface area (Å²) in [4.78, 5) is 4.62. The molecule has 1 aliphatic rings. The number of benzene rings is 2. The first-order valence-electron chi connectivity index (χ1n) is 7.73. The molecule has 0 unspecified atom stereocenters. The number of hydrazone groups is 1. The second-order valence-corrected chi connectivity index (χ2v) is 6.53. The van der Waals surface area contributed by atoms with E-state index in [2.05, 4.69) is 58.1 Å². The minimum atomic E-state index is 0. The van der Waals surface area contributed by atoms with Crippen LogP contribution in [0.3, 0.4) is 0 Å². The number of nitrogens with zero attached hydrogens (tertiary/aromatic N) is 2. The van der Waals surface area contributed by atoms with Gasteiger partial charge in [0.15, 0.2) is 0 Å². The summed E-state index contributed by atoms with van der Waals surface area (Å²) in [6.45, 7) is 2.17. The van der Waals surface area contributed by atoms with Gasteiger partial charge in [0, 0.05) is 16.5 Å². The molecule has 0 saturated heterocycles. The van der Waals surface area contributed by atoms with Crippen molar-refractivity contribution in [2.75, 3.05) is 5.43 Å². The number of fused-ring (bicyclic) bond motifs is 1. The minimum absolute atomic E-state index is 0. The molecule has 3 aromatic rings. The molecule has 24 heavy (non-hydrogen) atoms. The van der Waals surface area contributed by atoms with Crippen LogP contribution in [-0.2, 0) is 6.42 Å². The molecule has 0 radical (unpaired) electrons. The molecular formula is C19H18ClN3S. The van der Waals surface area contributed by atoms with Crippen LogP contribution in [0, 0.1) is 6.92 Å². The Balaban J connectivity index is 0.00000169. The highest BCUT2D eigenvalue weighted by molar-refractivity contribution is 7.14. The summed E-state index contributed by atoms with van der Waals surface area (Å²) in [6, 6.07) is 16.6. The second-order valence-electron chi connectivity index (χ2n) is 5.68. The topological polar surface area (TPSA) is 37.3 Å². The zero-order chi connectivity index (χ0) is 15.6. The van der Waals surface area contributed by atoms with Crippen LogP contribution in [0.25, 0.3) is 11.3 Å². The van der Waals surface area contributed by atoms with Crippen LogP contribution in [0.1, 0.15) is 23.1 Å². The third-order valence-corrected chi connectivity index (χ3v) is 4.94. The Morgan fingerprint density at radius 3 is 2.71 bits per heavy atom. The van der Waals surface area contributed by atoms with Crippen molar-refractivity contribution in [1.82, 2.24) is 4.98 Å². The molecule has 0 aliphatic heterocycles. The van der Waals surface area contributed by atoms with Gasteiger partial charge in [-0.3, -0.25) is 5.43 Å². The van der Waals surface area contributed by atoms with Crippen molar-refractivity contribution in [1.29, 1.82) is 0 Å². The predicted molar refractivity (Wildman–Crippen MR) is 104 cm³/mol. The van der Waals surface area contributed by atoms with E-state index in [0.717, 1.165) is 34.9 Å². The van der Waals surface area contributed by atoms with E-state index in [9.17, 15) is 0 Å². The van der Waals surface area contributed by atoms with Gasteiger partial charge < -0.3 is 0 Å². The Morgan fingerprint density at radius 2 is 1.88 bits per heavy atom. The summed E-state index contributed by atoms with van der Waals surface area (Å²) in [5, 5.41) is 7.49. The highest BCUT2D eigenvalue weighted by atomic mass is 35.5. The molecule has 3 nitrogen and oxygen atoms in total. The fourth-order valence-corrected chi connectivity index (χ4v) is 3.64. The van der Waals surface area contributed by atoms with Gasteiger partial charge in [-0.1, -0.05) is 48.5 Å². The lowest BCUT2D eigenvalue weighted by atomic mass is 10.0. The third-order valence-electron chi connectivity index (χ3n) is 4.19. The van der Waals surface area contributed by atoms with Gasteiger partial charge in [-0.25, -0.2) is 4.98 Å². The SMILES string of the molecule is Cc1cccc2c1CC/C2=N\Nc1nc(-c2ccccc2)cs1.Cl. The molecule has 1 aliphatic carbocycles. The van der Waals surface area contributed by atoms with E-state index in [1.54, 1.807) is 11.3 Å². The van der Waals surface area contributed by atoms with Crippen LogP contribution in [0.4, 0.5) is 5.13 Å². The van der Waals surface area contributed by atoms with Gasteiger partial charge >= 0.3 is 0 Å². The zero-order valence-electron chi connectivity index (χ0n) is 13.3. The fourth-order valence-electron chi connectivity index (χ4n) is 2.98. The molecule has 1 heterocycles. The zero-order valence-corrected chi connectivity index (χ0v) is 15.0. The van der Waals surface area contributed by atoms with Crippen molar-refractivity contribution < 1.29 is 0 Å². The number of nitrogens with one attached hydrogen (secondary N) is 1. The van der Waals surface area contributed by atoms with E-state index >= 15 is 0 Å². The molecule has 0 spiro atoms. The molecule has 2 aromatic carbocycles. The summed E-state index contributed by atoms with van der Waals surface area (Å²) < 4.78 is 0. The molecule has 0 amide bonds. The Morgan fingerprint density at radius 1 is 1.04 bits per heavy atom. The maximum Gasteiger partial charge on any atom is 0.203 e. The van der Waals surface area contributed by atoms with Crippen LogP contribution >= 0.6 is 23.7 Å². The van der Waals surface area contributed by atoms with E-state index in [4.69, 9.17) is 0 Å². The van der Waals surface area contributed by atoms with Crippen molar-refractivity contribution in [3.63, 3.8) is 0 Å². The van der Waals surface area contributed by atoms with Crippen LogP contribution in [-0.4, -0.2) is 10.7 Å². The molecule has 1 aromatic heterocycles. The molecule has 0 saturated carbocycles. The van der Waals surface area contributed by atoms with Gasteiger partial charge in [0.05, 0.1) is 11.4 Å². The average Bonchev–Trinajstić information content (AvgIpc) is 3.21. The molecule has 122 valence electrons. The van der Waals surface area contributed by atoms with Gasteiger partial charge in [0.1, 0.15) is 0 Å². The number of anilines is 1. The van der Waals surface area contributed by atoms with Gasteiger partial charge in [0.25, 0.3) is 0 Å². The number of hydrogen-bond acceptors (Lipinski definition) is 4. The maximum absolute atomic E-state index is 4.62. The van der Waals surface area contributed by atoms with Crippen LogP contribution in [0.2, 0.25) is 0 Å². The van der Waals surface area contributed by atoms with Gasteiger partial charge in [-0.2, -0.15) is 5.10 Å². The first-order chi connectivity index (χ1) is 11.3. The van der Waals surface area contributed by atoms with Gasteiger partial charge in [0.2, 0.25) is 5.13 Å². The van der Waals surface area contributed by atoms with Crippen molar-refractivity contribution in [2.24, 2.45) is 5.10 Å². The number of thiazole rings is 1.